The van der Waals surface area contributed by atoms with Gasteiger partial charge in [0.2, 0.25) is 17.7 Å². The summed E-state index contributed by atoms with van der Waals surface area (Å²) in [5, 5.41) is 26.1. The minimum Gasteiger partial charge on any atom is -0.480 e. The van der Waals surface area contributed by atoms with Crippen molar-refractivity contribution in [2.75, 3.05) is 5.75 Å². The fourth-order valence-corrected chi connectivity index (χ4v) is 2.65. The fourth-order valence-electron chi connectivity index (χ4n) is 2.49. The third-order valence-corrected chi connectivity index (χ3v) is 4.56. The van der Waals surface area contributed by atoms with Gasteiger partial charge >= 0.3 is 5.97 Å². The molecule has 0 aromatic rings. The molecule has 7 N–H and O–H groups in total. The second kappa shape index (κ2) is 12.7. The molecule has 0 aromatic heterocycles. The molecule has 0 spiro atoms. The van der Waals surface area contributed by atoms with Gasteiger partial charge in [-0.2, -0.15) is 12.6 Å². The van der Waals surface area contributed by atoms with Crippen LogP contribution in [0.3, 0.4) is 0 Å². The van der Waals surface area contributed by atoms with Crippen molar-refractivity contribution < 1.29 is 29.4 Å². The zero-order valence-electron chi connectivity index (χ0n) is 17.5. The van der Waals surface area contributed by atoms with Gasteiger partial charge in [0.25, 0.3) is 0 Å². The monoisotopic (exact) mass is 434 g/mol. The molecule has 0 aromatic carbocycles. The first-order chi connectivity index (χ1) is 13.3. The number of aliphatic hydroxyl groups is 1. The Labute approximate surface area is 176 Å². The van der Waals surface area contributed by atoms with Crippen molar-refractivity contribution in [2.24, 2.45) is 17.6 Å². The Morgan fingerprint density at radius 1 is 0.897 bits per heavy atom. The van der Waals surface area contributed by atoms with Crippen LogP contribution in [0.1, 0.15) is 41.0 Å². The van der Waals surface area contributed by atoms with Crippen molar-refractivity contribution in [3.8, 4) is 0 Å². The van der Waals surface area contributed by atoms with Crippen LogP contribution in [0.5, 0.6) is 0 Å². The first-order valence-corrected chi connectivity index (χ1v) is 10.1. The van der Waals surface area contributed by atoms with E-state index in [2.05, 4.69) is 28.6 Å². The van der Waals surface area contributed by atoms with Crippen molar-refractivity contribution in [3.63, 3.8) is 0 Å². The third kappa shape index (κ3) is 9.46. The first-order valence-electron chi connectivity index (χ1n) is 9.50. The molecule has 0 radical (unpaired) electrons. The molecular formula is C18H34N4O6S. The largest absolute Gasteiger partial charge is 0.480 e. The molecule has 29 heavy (non-hydrogen) atoms. The Kier molecular flexibility index (Phi) is 11.8. The summed E-state index contributed by atoms with van der Waals surface area (Å²) in [5.41, 5.74) is 5.63. The highest BCUT2D eigenvalue weighted by Crippen LogP contribution is 2.09. The summed E-state index contributed by atoms with van der Waals surface area (Å²) < 4.78 is 0. The maximum atomic E-state index is 12.7. The zero-order valence-corrected chi connectivity index (χ0v) is 18.4. The third-order valence-electron chi connectivity index (χ3n) is 4.17. The quantitative estimate of drug-likeness (QED) is 0.190. The van der Waals surface area contributed by atoms with Crippen LogP contribution in [0, 0.1) is 11.8 Å². The highest BCUT2D eigenvalue weighted by atomic mass is 32.1. The second-order valence-corrected chi connectivity index (χ2v) is 8.14. The maximum Gasteiger partial charge on any atom is 0.328 e. The van der Waals surface area contributed by atoms with Crippen molar-refractivity contribution in [3.05, 3.63) is 0 Å². The van der Waals surface area contributed by atoms with Crippen LogP contribution >= 0.6 is 12.6 Å². The van der Waals surface area contributed by atoms with Gasteiger partial charge in [0, 0.05) is 5.75 Å². The van der Waals surface area contributed by atoms with Crippen LogP contribution in [0.2, 0.25) is 0 Å². The van der Waals surface area contributed by atoms with Crippen molar-refractivity contribution in [2.45, 2.75) is 71.3 Å². The maximum absolute atomic E-state index is 12.7. The van der Waals surface area contributed by atoms with Crippen LogP contribution in [0.4, 0.5) is 0 Å². The highest BCUT2D eigenvalue weighted by Gasteiger charge is 2.33. The van der Waals surface area contributed by atoms with Crippen molar-refractivity contribution in [1.82, 2.24) is 16.0 Å². The summed E-state index contributed by atoms with van der Waals surface area (Å²) in [6.07, 6.45) is -1.09. The SMILES string of the molecule is CC(C)CC(NC(=O)C(NC(=O)C(N)CS)C(C)C)C(=O)NC(C(=O)O)C(C)O. The number of carboxylic acid groups (broad SMARTS) is 1. The fraction of sp³-hybridized carbons (Fsp3) is 0.778. The molecule has 0 saturated heterocycles. The zero-order chi connectivity index (χ0) is 22.9. The number of carbonyl (C=O) groups is 4. The lowest BCUT2D eigenvalue weighted by Gasteiger charge is -2.28. The van der Waals surface area contributed by atoms with E-state index in [1.807, 2.05) is 13.8 Å². The van der Waals surface area contributed by atoms with E-state index in [0.29, 0.717) is 0 Å². The number of nitrogens with two attached hydrogens (primary N) is 1. The average Bonchev–Trinajstić information content (AvgIpc) is 2.60. The van der Waals surface area contributed by atoms with Crippen LogP contribution < -0.4 is 21.7 Å². The highest BCUT2D eigenvalue weighted by molar-refractivity contribution is 7.80. The predicted octanol–water partition coefficient (Wildman–Crippen LogP) is -1.13. The molecule has 0 bridgehead atoms. The van der Waals surface area contributed by atoms with E-state index in [1.165, 1.54) is 6.92 Å². The van der Waals surface area contributed by atoms with Gasteiger partial charge in [-0.25, -0.2) is 4.79 Å². The molecule has 11 heteroatoms. The van der Waals surface area contributed by atoms with E-state index in [-0.39, 0.29) is 24.0 Å². The molecule has 0 heterocycles. The van der Waals surface area contributed by atoms with Gasteiger partial charge in [-0.1, -0.05) is 27.7 Å². The molecule has 0 aliphatic rings. The van der Waals surface area contributed by atoms with E-state index >= 15 is 0 Å². The lowest BCUT2D eigenvalue weighted by Crippen LogP contribution is -2.59. The van der Waals surface area contributed by atoms with E-state index < -0.39 is 54.0 Å². The lowest BCUT2D eigenvalue weighted by molar-refractivity contribution is -0.145. The molecule has 0 aliphatic carbocycles. The Balaban J connectivity index is 5.40. The van der Waals surface area contributed by atoms with E-state index in [1.54, 1.807) is 13.8 Å². The molecule has 0 fully saturated rings. The summed E-state index contributed by atoms with van der Waals surface area (Å²) in [5.74, 6) is -3.45. The molecule has 5 atom stereocenters. The number of hydrogen-bond donors (Lipinski definition) is 7. The Morgan fingerprint density at radius 3 is 1.79 bits per heavy atom. The van der Waals surface area contributed by atoms with Gasteiger partial charge in [0.1, 0.15) is 12.1 Å². The van der Waals surface area contributed by atoms with Gasteiger partial charge in [-0.15, -0.1) is 0 Å². The number of carbonyl (C=O) groups excluding carboxylic acids is 3. The molecule has 0 aliphatic heterocycles. The molecule has 0 saturated carbocycles. The van der Waals surface area contributed by atoms with Gasteiger partial charge in [-0.05, 0) is 25.2 Å². The van der Waals surface area contributed by atoms with Gasteiger partial charge in [0.05, 0.1) is 12.1 Å². The molecule has 5 unspecified atom stereocenters. The Hall–Kier alpha value is -1.85. The Morgan fingerprint density at radius 2 is 1.41 bits per heavy atom. The van der Waals surface area contributed by atoms with Crippen molar-refractivity contribution in [1.29, 1.82) is 0 Å². The smallest absolute Gasteiger partial charge is 0.328 e. The minimum absolute atomic E-state index is 0.00516. The van der Waals surface area contributed by atoms with Gasteiger partial charge in [0.15, 0.2) is 6.04 Å². The summed E-state index contributed by atoms with van der Waals surface area (Å²) in [6, 6.07) is -4.38. The summed E-state index contributed by atoms with van der Waals surface area (Å²) >= 11 is 3.96. The van der Waals surface area contributed by atoms with Gasteiger partial charge < -0.3 is 31.9 Å². The summed E-state index contributed by atoms with van der Waals surface area (Å²) in [4.78, 5) is 48.6. The van der Waals surface area contributed by atoms with Crippen molar-refractivity contribution >= 4 is 36.3 Å². The number of thiol groups is 1. The lowest BCUT2D eigenvalue weighted by atomic mass is 9.99. The van der Waals surface area contributed by atoms with E-state index in [9.17, 15) is 24.3 Å². The second-order valence-electron chi connectivity index (χ2n) is 7.78. The Bertz CT molecular complexity index is 585. The summed E-state index contributed by atoms with van der Waals surface area (Å²) in [7, 11) is 0. The number of amides is 3. The number of nitrogens with one attached hydrogen (secondary N) is 3. The topological polar surface area (TPSA) is 171 Å². The van der Waals surface area contributed by atoms with Gasteiger partial charge in [-0.3, -0.25) is 14.4 Å². The van der Waals surface area contributed by atoms with E-state index in [0.717, 1.165) is 0 Å². The number of hydrogen-bond acceptors (Lipinski definition) is 7. The number of aliphatic hydroxyl groups excluding tert-OH is 1. The van der Waals surface area contributed by atoms with E-state index in [4.69, 9.17) is 10.8 Å². The summed E-state index contributed by atoms with van der Waals surface area (Å²) in [6.45, 7) is 8.36. The average molecular weight is 435 g/mol. The number of carboxylic acids is 1. The van der Waals surface area contributed by atoms with Crippen LogP contribution in [-0.4, -0.2) is 69.9 Å². The molecule has 3 amide bonds. The molecule has 0 rings (SSSR count). The normalized spacial score (nSPS) is 16.5. The van der Waals surface area contributed by atoms with Crippen LogP contribution in [-0.2, 0) is 19.2 Å². The number of rotatable bonds is 12. The molecule has 10 nitrogen and oxygen atoms in total. The minimum atomic E-state index is -1.51. The first kappa shape index (κ1) is 27.1. The number of aliphatic carboxylic acids is 1. The standard InChI is InChI=1S/C18H34N4O6S/c1-8(2)6-12(16(25)22-14(10(5)23)18(27)28)20-17(26)13(9(3)4)21-15(24)11(19)7-29/h8-14,23,29H,6-7,19H2,1-5H3,(H,20,26)(H,21,24)(H,22,25)(H,27,28). The molecular weight excluding hydrogens is 400 g/mol. The van der Waals surface area contributed by atoms with Crippen LogP contribution in [0.15, 0.2) is 0 Å². The van der Waals surface area contributed by atoms with Crippen LogP contribution in [0.25, 0.3) is 0 Å². The predicted molar refractivity (Wildman–Crippen MR) is 111 cm³/mol. The molecule has 168 valence electrons.